The van der Waals surface area contributed by atoms with E-state index in [2.05, 4.69) is 0 Å². The molecule has 3 amide bonds. The number of hydrogen-bond acceptors (Lipinski definition) is 5. The molecular formula is C20H26N2O5. The van der Waals surface area contributed by atoms with E-state index in [1.807, 2.05) is 13.8 Å². The Balaban J connectivity index is 1.92. The maximum Gasteiger partial charge on any atom is 0.310 e. The molecule has 2 rings (SSSR count). The minimum absolute atomic E-state index is 0.0658. The summed E-state index contributed by atoms with van der Waals surface area (Å²) in [5.41, 5.74) is 0.814. The van der Waals surface area contributed by atoms with Crippen LogP contribution in [0.15, 0.2) is 24.3 Å². The molecule has 0 spiro atoms. The first-order valence-corrected chi connectivity index (χ1v) is 9.10. The first-order valence-electron chi connectivity index (χ1n) is 9.10. The van der Waals surface area contributed by atoms with E-state index in [9.17, 15) is 19.2 Å². The molecule has 0 aromatic heterocycles. The molecule has 0 bridgehead atoms. The standard InChI is InChI=1S/C20H26N2O5/c1-13(2)22(12-14(3)20(26)27-4)17(23)10-7-11-21-18(24)15-8-5-6-9-16(15)19(21)25/h5-6,8-9,13-14H,7,10-12H2,1-4H3. The van der Waals surface area contributed by atoms with Crippen molar-refractivity contribution in [2.75, 3.05) is 20.2 Å². The average molecular weight is 374 g/mol. The Hall–Kier alpha value is -2.70. The Morgan fingerprint density at radius 3 is 2.11 bits per heavy atom. The van der Waals surface area contributed by atoms with E-state index in [0.29, 0.717) is 17.5 Å². The van der Waals surface area contributed by atoms with E-state index in [1.165, 1.54) is 12.0 Å². The fourth-order valence-corrected chi connectivity index (χ4v) is 3.15. The first-order chi connectivity index (χ1) is 12.8. The van der Waals surface area contributed by atoms with Crippen molar-refractivity contribution < 1.29 is 23.9 Å². The fourth-order valence-electron chi connectivity index (χ4n) is 3.15. The third kappa shape index (κ3) is 4.53. The van der Waals surface area contributed by atoms with Crippen molar-refractivity contribution in [2.24, 2.45) is 5.92 Å². The zero-order chi connectivity index (χ0) is 20.1. The number of hydrogen-bond donors (Lipinski definition) is 0. The van der Waals surface area contributed by atoms with Crippen molar-refractivity contribution in [3.05, 3.63) is 35.4 Å². The van der Waals surface area contributed by atoms with Gasteiger partial charge in [0.25, 0.3) is 11.8 Å². The largest absolute Gasteiger partial charge is 0.469 e. The number of ether oxygens (including phenoxy) is 1. The van der Waals surface area contributed by atoms with Gasteiger partial charge < -0.3 is 9.64 Å². The lowest BCUT2D eigenvalue weighted by molar-refractivity contribution is -0.147. The number of amides is 3. The van der Waals surface area contributed by atoms with Crippen LogP contribution in [0.1, 0.15) is 54.3 Å². The zero-order valence-corrected chi connectivity index (χ0v) is 16.2. The molecule has 1 aliphatic rings. The number of esters is 1. The van der Waals surface area contributed by atoms with E-state index in [-0.39, 0.29) is 49.2 Å². The van der Waals surface area contributed by atoms with Crippen LogP contribution < -0.4 is 0 Å². The third-order valence-corrected chi connectivity index (χ3v) is 4.67. The summed E-state index contributed by atoms with van der Waals surface area (Å²) in [5.74, 6) is -1.53. The van der Waals surface area contributed by atoms with Crippen LogP contribution in [0.5, 0.6) is 0 Å². The van der Waals surface area contributed by atoms with Crippen molar-refractivity contribution >= 4 is 23.7 Å². The molecule has 1 unspecified atom stereocenters. The second-order valence-corrected chi connectivity index (χ2v) is 6.98. The predicted octanol–water partition coefficient (Wildman–Crippen LogP) is 2.11. The van der Waals surface area contributed by atoms with Gasteiger partial charge in [-0.3, -0.25) is 24.1 Å². The van der Waals surface area contributed by atoms with Gasteiger partial charge >= 0.3 is 5.97 Å². The highest BCUT2D eigenvalue weighted by molar-refractivity contribution is 6.21. The van der Waals surface area contributed by atoms with E-state index < -0.39 is 5.92 Å². The maximum absolute atomic E-state index is 12.6. The van der Waals surface area contributed by atoms with Gasteiger partial charge in [-0.15, -0.1) is 0 Å². The normalized spacial score (nSPS) is 14.3. The SMILES string of the molecule is COC(=O)C(C)CN(C(=O)CCCN1C(=O)c2ccccc2C1=O)C(C)C. The molecule has 0 aliphatic carbocycles. The molecule has 7 heteroatoms. The van der Waals surface area contributed by atoms with Gasteiger partial charge in [0.15, 0.2) is 0 Å². The van der Waals surface area contributed by atoms with Crippen LogP contribution in [0.25, 0.3) is 0 Å². The highest BCUT2D eigenvalue weighted by atomic mass is 16.5. The predicted molar refractivity (Wildman–Crippen MR) is 99.1 cm³/mol. The fraction of sp³-hybridized carbons (Fsp3) is 0.500. The number of carbonyl (C=O) groups excluding carboxylic acids is 4. The van der Waals surface area contributed by atoms with Crippen LogP contribution >= 0.6 is 0 Å². The third-order valence-electron chi connectivity index (χ3n) is 4.67. The lowest BCUT2D eigenvalue weighted by atomic mass is 10.1. The summed E-state index contributed by atoms with van der Waals surface area (Å²) in [7, 11) is 1.32. The van der Waals surface area contributed by atoms with Gasteiger partial charge in [-0.1, -0.05) is 19.1 Å². The van der Waals surface area contributed by atoms with Crippen LogP contribution in [0, 0.1) is 5.92 Å². The van der Waals surface area contributed by atoms with Gasteiger partial charge in [-0.05, 0) is 32.4 Å². The van der Waals surface area contributed by atoms with Crippen LogP contribution in [-0.4, -0.2) is 59.7 Å². The molecule has 1 atom stereocenters. The Morgan fingerprint density at radius 1 is 1.07 bits per heavy atom. The molecule has 0 saturated heterocycles. The van der Waals surface area contributed by atoms with Gasteiger partial charge in [-0.2, -0.15) is 0 Å². The van der Waals surface area contributed by atoms with E-state index in [0.717, 1.165) is 0 Å². The Bertz CT molecular complexity index is 709. The van der Waals surface area contributed by atoms with Gasteiger partial charge in [-0.25, -0.2) is 0 Å². The molecular weight excluding hydrogens is 348 g/mol. The van der Waals surface area contributed by atoms with Crippen molar-refractivity contribution in [1.82, 2.24) is 9.80 Å². The van der Waals surface area contributed by atoms with Crippen LogP contribution in [-0.2, 0) is 14.3 Å². The van der Waals surface area contributed by atoms with Crippen molar-refractivity contribution in [3.8, 4) is 0 Å². The monoisotopic (exact) mass is 374 g/mol. The van der Waals surface area contributed by atoms with Gasteiger partial charge in [0.1, 0.15) is 0 Å². The topological polar surface area (TPSA) is 84.0 Å². The number of carbonyl (C=O) groups is 4. The molecule has 146 valence electrons. The van der Waals surface area contributed by atoms with Gasteiger partial charge in [0.2, 0.25) is 5.91 Å². The zero-order valence-electron chi connectivity index (χ0n) is 16.2. The molecule has 0 radical (unpaired) electrons. The summed E-state index contributed by atoms with van der Waals surface area (Å²) in [5, 5.41) is 0. The summed E-state index contributed by atoms with van der Waals surface area (Å²) < 4.78 is 4.72. The number of fused-ring (bicyclic) bond motifs is 1. The van der Waals surface area contributed by atoms with E-state index in [4.69, 9.17) is 4.74 Å². The number of imide groups is 1. The summed E-state index contributed by atoms with van der Waals surface area (Å²) in [6.07, 6.45) is 0.569. The lowest BCUT2D eigenvalue weighted by Gasteiger charge is -2.29. The molecule has 0 fully saturated rings. The highest BCUT2D eigenvalue weighted by Crippen LogP contribution is 2.22. The van der Waals surface area contributed by atoms with Gasteiger partial charge in [0, 0.05) is 25.6 Å². The summed E-state index contributed by atoms with van der Waals surface area (Å²) in [6.45, 7) is 5.94. The van der Waals surface area contributed by atoms with Crippen molar-refractivity contribution in [1.29, 1.82) is 0 Å². The molecule has 1 aromatic rings. The molecule has 0 saturated carbocycles. The molecule has 1 aromatic carbocycles. The maximum atomic E-state index is 12.6. The number of rotatable bonds is 8. The number of methoxy groups -OCH3 is 1. The van der Waals surface area contributed by atoms with Gasteiger partial charge in [0.05, 0.1) is 24.2 Å². The summed E-state index contributed by atoms with van der Waals surface area (Å²) in [4.78, 5) is 51.7. The molecule has 27 heavy (non-hydrogen) atoms. The quantitative estimate of drug-likeness (QED) is 0.514. The smallest absolute Gasteiger partial charge is 0.310 e. The lowest BCUT2D eigenvalue weighted by Crippen LogP contribution is -2.42. The molecule has 1 aliphatic heterocycles. The molecule has 1 heterocycles. The average Bonchev–Trinajstić information content (AvgIpc) is 2.89. The minimum Gasteiger partial charge on any atom is -0.469 e. The summed E-state index contributed by atoms with van der Waals surface area (Å²) in [6, 6.07) is 6.65. The van der Waals surface area contributed by atoms with E-state index >= 15 is 0 Å². The second kappa shape index (κ2) is 8.79. The second-order valence-electron chi connectivity index (χ2n) is 6.98. The van der Waals surface area contributed by atoms with Crippen LogP contribution in [0.3, 0.4) is 0 Å². The van der Waals surface area contributed by atoms with Crippen LogP contribution in [0.4, 0.5) is 0 Å². The van der Waals surface area contributed by atoms with Crippen molar-refractivity contribution in [2.45, 2.75) is 39.7 Å². The Morgan fingerprint density at radius 2 is 1.63 bits per heavy atom. The number of nitrogens with zero attached hydrogens (tertiary/aromatic N) is 2. The van der Waals surface area contributed by atoms with E-state index in [1.54, 1.807) is 36.1 Å². The highest BCUT2D eigenvalue weighted by Gasteiger charge is 2.34. The Labute approximate surface area is 159 Å². The first kappa shape index (κ1) is 20.6. The minimum atomic E-state index is -0.419. The number of benzene rings is 1. The Kier molecular flexibility index (Phi) is 6.71. The van der Waals surface area contributed by atoms with Crippen molar-refractivity contribution in [3.63, 3.8) is 0 Å². The summed E-state index contributed by atoms with van der Waals surface area (Å²) >= 11 is 0. The van der Waals surface area contributed by atoms with Crippen LogP contribution in [0.2, 0.25) is 0 Å². The molecule has 0 N–H and O–H groups in total. The molecule has 7 nitrogen and oxygen atoms in total.